The molecule has 0 bridgehead atoms. The summed E-state index contributed by atoms with van der Waals surface area (Å²) < 4.78 is 0. The Labute approximate surface area is 175 Å². The first kappa shape index (κ1) is 19.8. The molecule has 2 aromatic carbocycles. The SMILES string of the molecule is C/C(CN1C(=O)c2ccccc2C1=O)=N\NC(=O)CCN1CCCc2ccccc21. The van der Waals surface area contributed by atoms with E-state index >= 15 is 0 Å². The highest BCUT2D eigenvalue weighted by molar-refractivity contribution is 6.22. The van der Waals surface area contributed by atoms with E-state index in [4.69, 9.17) is 0 Å². The second-order valence-electron chi connectivity index (χ2n) is 7.59. The molecule has 0 spiro atoms. The lowest BCUT2D eigenvalue weighted by atomic mass is 10.0. The van der Waals surface area contributed by atoms with Gasteiger partial charge in [-0.05, 0) is 43.5 Å². The van der Waals surface area contributed by atoms with Crippen molar-refractivity contribution in [3.63, 3.8) is 0 Å². The number of rotatable bonds is 6. The summed E-state index contributed by atoms with van der Waals surface area (Å²) in [5.74, 6) is -0.861. The number of benzene rings is 2. The maximum absolute atomic E-state index is 12.4. The fraction of sp³-hybridized carbons (Fsp3) is 0.304. The molecule has 0 fully saturated rings. The van der Waals surface area contributed by atoms with E-state index in [1.54, 1.807) is 31.2 Å². The number of anilines is 1. The van der Waals surface area contributed by atoms with Gasteiger partial charge in [-0.1, -0.05) is 30.3 Å². The Morgan fingerprint density at radius 1 is 1.03 bits per heavy atom. The molecule has 2 heterocycles. The summed E-state index contributed by atoms with van der Waals surface area (Å²) in [5.41, 5.74) is 6.35. The van der Waals surface area contributed by atoms with Gasteiger partial charge in [-0.25, -0.2) is 5.43 Å². The van der Waals surface area contributed by atoms with Crippen LogP contribution in [0.5, 0.6) is 0 Å². The lowest BCUT2D eigenvalue weighted by Gasteiger charge is -2.31. The predicted molar refractivity (Wildman–Crippen MR) is 115 cm³/mol. The summed E-state index contributed by atoms with van der Waals surface area (Å²) in [7, 11) is 0. The number of hydrogen-bond donors (Lipinski definition) is 1. The minimum absolute atomic E-state index is 0.0477. The molecule has 0 unspecified atom stereocenters. The van der Waals surface area contributed by atoms with E-state index in [9.17, 15) is 14.4 Å². The van der Waals surface area contributed by atoms with Gasteiger partial charge in [0, 0.05) is 25.2 Å². The van der Waals surface area contributed by atoms with Crippen LogP contribution in [0.4, 0.5) is 5.69 Å². The van der Waals surface area contributed by atoms with Crippen LogP contribution in [0.3, 0.4) is 0 Å². The van der Waals surface area contributed by atoms with Crippen molar-refractivity contribution in [2.45, 2.75) is 26.2 Å². The van der Waals surface area contributed by atoms with Crippen LogP contribution in [0.15, 0.2) is 53.6 Å². The van der Waals surface area contributed by atoms with Gasteiger partial charge in [-0.2, -0.15) is 5.10 Å². The topological polar surface area (TPSA) is 82.1 Å². The van der Waals surface area contributed by atoms with E-state index in [0.29, 0.717) is 29.8 Å². The highest BCUT2D eigenvalue weighted by atomic mass is 16.2. The summed E-state index contributed by atoms with van der Waals surface area (Å²) in [4.78, 5) is 40.5. The third-order valence-corrected chi connectivity index (χ3v) is 5.45. The number of amides is 3. The molecular weight excluding hydrogens is 380 g/mol. The summed E-state index contributed by atoms with van der Waals surface area (Å²) in [6.07, 6.45) is 2.47. The van der Waals surface area contributed by atoms with Crippen molar-refractivity contribution in [2.75, 3.05) is 24.5 Å². The molecule has 0 saturated heterocycles. The monoisotopic (exact) mass is 404 g/mol. The lowest BCUT2D eigenvalue weighted by molar-refractivity contribution is -0.120. The van der Waals surface area contributed by atoms with Crippen molar-refractivity contribution in [1.29, 1.82) is 0 Å². The zero-order valence-electron chi connectivity index (χ0n) is 16.9. The molecule has 7 heteroatoms. The molecule has 30 heavy (non-hydrogen) atoms. The normalized spacial score (nSPS) is 15.8. The first-order valence-electron chi connectivity index (χ1n) is 10.1. The van der Waals surface area contributed by atoms with Gasteiger partial charge < -0.3 is 4.90 Å². The Morgan fingerprint density at radius 3 is 2.43 bits per heavy atom. The van der Waals surface area contributed by atoms with Gasteiger partial charge >= 0.3 is 0 Å². The number of fused-ring (bicyclic) bond motifs is 2. The third-order valence-electron chi connectivity index (χ3n) is 5.45. The number of nitrogens with one attached hydrogen (secondary N) is 1. The number of hydrogen-bond acceptors (Lipinski definition) is 5. The van der Waals surface area contributed by atoms with E-state index in [1.807, 2.05) is 12.1 Å². The first-order valence-corrected chi connectivity index (χ1v) is 10.1. The summed E-state index contributed by atoms with van der Waals surface area (Å²) in [6, 6.07) is 15.0. The lowest BCUT2D eigenvalue weighted by Crippen LogP contribution is -2.35. The van der Waals surface area contributed by atoms with E-state index in [1.165, 1.54) is 11.3 Å². The minimum Gasteiger partial charge on any atom is -0.371 e. The average molecular weight is 404 g/mol. The average Bonchev–Trinajstić information content (AvgIpc) is 3.01. The van der Waals surface area contributed by atoms with Crippen LogP contribution < -0.4 is 10.3 Å². The molecule has 0 aliphatic carbocycles. The highest BCUT2D eigenvalue weighted by Crippen LogP contribution is 2.26. The van der Waals surface area contributed by atoms with Gasteiger partial charge in [0.2, 0.25) is 5.91 Å². The summed E-state index contributed by atoms with van der Waals surface area (Å²) in [5, 5.41) is 4.08. The number of imide groups is 1. The Bertz CT molecular complexity index is 996. The van der Waals surface area contributed by atoms with E-state index in [0.717, 1.165) is 24.3 Å². The van der Waals surface area contributed by atoms with Gasteiger partial charge in [0.25, 0.3) is 11.8 Å². The molecule has 0 radical (unpaired) electrons. The Hall–Kier alpha value is -3.48. The molecule has 2 aromatic rings. The van der Waals surface area contributed by atoms with Gasteiger partial charge in [-0.3, -0.25) is 19.3 Å². The maximum Gasteiger partial charge on any atom is 0.261 e. The molecule has 0 aromatic heterocycles. The molecule has 2 aliphatic heterocycles. The molecule has 3 amide bonds. The van der Waals surface area contributed by atoms with E-state index in [-0.39, 0.29) is 24.3 Å². The van der Waals surface area contributed by atoms with Crippen LogP contribution >= 0.6 is 0 Å². The van der Waals surface area contributed by atoms with Crippen LogP contribution in [0, 0.1) is 0 Å². The summed E-state index contributed by atoms with van der Waals surface area (Å²) >= 11 is 0. The fourth-order valence-electron chi connectivity index (χ4n) is 3.94. The van der Waals surface area contributed by atoms with Crippen molar-refractivity contribution in [3.05, 3.63) is 65.2 Å². The number of hydrazone groups is 1. The molecule has 154 valence electrons. The second kappa shape index (κ2) is 8.49. The molecule has 2 aliphatic rings. The zero-order chi connectivity index (χ0) is 21.1. The number of para-hydroxylation sites is 1. The molecule has 4 rings (SSSR count). The Balaban J connectivity index is 1.30. The number of nitrogens with zero attached hydrogens (tertiary/aromatic N) is 3. The van der Waals surface area contributed by atoms with Crippen molar-refractivity contribution >= 4 is 29.1 Å². The van der Waals surface area contributed by atoms with Gasteiger partial charge in [-0.15, -0.1) is 0 Å². The molecular formula is C23H24N4O3. The summed E-state index contributed by atoms with van der Waals surface area (Å²) in [6.45, 7) is 3.29. The predicted octanol–water partition coefficient (Wildman–Crippen LogP) is 2.62. The maximum atomic E-state index is 12.4. The molecule has 1 N–H and O–H groups in total. The quantitative estimate of drug-likeness (QED) is 0.456. The van der Waals surface area contributed by atoms with Crippen molar-refractivity contribution in [1.82, 2.24) is 10.3 Å². The number of aryl methyl sites for hydroxylation is 1. The smallest absolute Gasteiger partial charge is 0.261 e. The van der Waals surface area contributed by atoms with E-state index in [2.05, 4.69) is 27.6 Å². The zero-order valence-corrected chi connectivity index (χ0v) is 16.9. The second-order valence-corrected chi connectivity index (χ2v) is 7.59. The molecule has 7 nitrogen and oxygen atoms in total. The Kier molecular flexibility index (Phi) is 5.61. The van der Waals surface area contributed by atoms with Gasteiger partial charge in [0.1, 0.15) is 0 Å². The van der Waals surface area contributed by atoms with Crippen LogP contribution in [-0.4, -0.2) is 48.0 Å². The molecule has 0 saturated carbocycles. The van der Waals surface area contributed by atoms with Gasteiger partial charge in [0.15, 0.2) is 0 Å². The highest BCUT2D eigenvalue weighted by Gasteiger charge is 2.35. The minimum atomic E-state index is -0.333. The number of carbonyl (C=O) groups is 3. The standard InChI is InChI=1S/C23H24N4O3/c1-16(15-27-22(29)18-9-3-4-10-19(18)23(27)30)24-25-21(28)12-14-26-13-6-8-17-7-2-5-11-20(17)26/h2-5,7,9-11H,6,8,12-15H2,1H3,(H,25,28)/b24-16+. The van der Waals surface area contributed by atoms with Crippen molar-refractivity contribution < 1.29 is 14.4 Å². The fourth-order valence-corrected chi connectivity index (χ4v) is 3.94. The van der Waals surface area contributed by atoms with Crippen LogP contribution in [0.25, 0.3) is 0 Å². The molecule has 0 atom stereocenters. The first-order chi connectivity index (χ1) is 14.5. The van der Waals surface area contributed by atoms with Crippen molar-refractivity contribution in [3.8, 4) is 0 Å². The third kappa shape index (κ3) is 3.96. The van der Waals surface area contributed by atoms with Crippen LogP contribution in [0.2, 0.25) is 0 Å². The van der Waals surface area contributed by atoms with Crippen molar-refractivity contribution in [2.24, 2.45) is 5.10 Å². The number of carbonyl (C=O) groups excluding carboxylic acids is 3. The van der Waals surface area contributed by atoms with Crippen LogP contribution in [-0.2, 0) is 11.2 Å². The van der Waals surface area contributed by atoms with Gasteiger partial charge in [0.05, 0.1) is 23.4 Å². The largest absolute Gasteiger partial charge is 0.371 e. The Morgan fingerprint density at radius 2 is 1.70 bits per heavy atom. The van der Waals surface area contributed by atoms with E-state index < -0.39 is 0 Å². The van der Waals surface area contributed by atoms with Crippen LogP contribution in [0.1, 0.15) is 46.0 Å².